The van der Waals surface area contributed by atoms with Crippen LogP contribution < -0.4 is 5.32 Å². The second kappa shape index (κ2) is 5.53. The van der Waals surface area contributed by atoms with Crippen LogP contribution in [0, 0.1) is 6.92 Å². The van der Waals surface area contributed by atoms with Crippen molar-refractivity contribution in [1.29, 1.82) is 0 Å². The van der Waals surface area contributed by atoms with Gasteiger partial charge in [-0.15, -0.1) is 11.3 Å². The van der Waals surface area contributed by atoms with E-state index < -0.39 is 11.2 Å². The van der Waals surface area contributed by atoms with Gasteiger partial charge in [0.2, 0.25) is 0 Å². The second-order valence-electron chi connectivity index (χ2n) is 4.40. The van der Waals surface area contributed by atoms with E-state index in [1.54, 1.807) is 11.7 Å². The Labute approximate surface area is 118 Å². The molecular formula is C12H15F3N4S. The maximum Gasteiger partial charge on any atom is 0.443 e. The predicted molar refractivity (Wildman–Crippen MR) is 70.6 cm³/mol. The molecule has 2 rings (SSSR count). The molecule has 0 radical (unpaired) electrons. The van der Waals surface area contributed by atoms with Gasteiger partial charge < -0.3 is 5.32 Å². The van der Waals surface area contributed by atoms with Crippen molar-refractivity contribution in [2.75, 3.05) is 6.54 Å². The molecule has 0 saturated heterocycles. The number of rotatable bonds is 4. The van der Waals surface area contributed by atoms with E-state index in [9.17, 15) is 13.2 Å². The highest BCUT2D eigenvalue weighted by Crippen LogP contribution is 2.36. The summed E-state index contributed by atoms with van der Waals surface area (Å²) in [5.41, 5.74) is 1.66. The summed E-state index contributed by atoms with van der Waals surface area (Å²) in [6, 6.07) is -0.317. The number of aryl methyl sites for hydroxylation is 2. The Morgan fingerprint density at radius 1 is 1.45 bits per heavy atom. The van der Waals surface area contributed by atoms with Crippen LogP contribution in [0.3, 0.4) is 0 Å². The highest BCUT2D eigenvalue weighted by Gasteiger charge is 2.35. The highest BCUT2D eigenvalue weighted by atomic mass is 32.1. The molecule has 0 amide bonds. The molecule has 0 aromatic carbocycles. The van der Waals surface area contributed by atoms with Gasteiger partial charge in [-0.3, -0.25) is 4.68 Å². The SMILES string of the molecule is CCNC(c1cnc(C(F)(F)F)s1)c1cn(C)nc1C. The van der Waals surface area contributed by atoms with Crippen molar-refractivity contribution in [3.8, 4) is 0 Å². The molecule has 1 atom stereocenters. The van der Waals surface area contributed by atoms with Crippen molar-refractivity contribution in [3.63, 3.8) is 0 Å². The maximum absolute atomic E-state index is 12.6. The Hall–Kier alpha value is -1.41. The van der Waals surface area contributed by atoms with Crippen molar-refractivity contribution >= 4 is 11.3 Å². The van der Waals surface area contributed by atoms with E-state index in [0.29, 0.717) is 22.8 Å². The second-order valence-corrected chi connectivity index (χ2v) is 5.46. The molecule has 2 aromatic heterocycles. The topological polar surface area (TPSA) is 42.7 Å². The van der Waals surface area contributed by atoms with Crippen LogP contribution in [0.5, 0.6) is 0 Å². The number of alkyl halides is 3. The summed E-state index contributed by atoms with van der Waals surface area (Å²) >= 11 is 0.665. The van der Waals surface area contributed by atoms with Crippen molar-refractivity contribution in [2.24, 2.45) is 7.05 Å². The van der Waals surface area contributed by atoms with E-state index in [0.717, 1.165) is 11.3 Å². The van der Waals surface area contributed by atoms with Gasteiger partial charge in [0.15, 0.2) is 5.01 Å². The molecule has 0 saturated carbocycles. The summed E-state index contributed by atoms with van der Waals surface area (Å²) in [7, 11) is 1.79. The summed E-state index contributed by atoms with van der Waals surface area (Å²) in [5.74, 6) is 0. The zero-order valence-electron chi connectivity index (χ0n) is 11.3. The zero-order valence-corrected chi connectivity index (χ0v) is 12.1. The average molecular weight is 304 g/mol. The lowest BCUT2D eigenvalue weighted by atomic mass is 10.1. The third-order valence-electron chi connectivity index (χ3n) is 2.82. The Bertz CT molecular complexity index is 588. The van der Waals surface area contributed by atoms with Gasteiger partial charge in [-0.05, 0) is 13.5 Å². The van der Waals surface area contributed by atoms with Gasteiger partial charge in [0.25, 0.3) is 0 Å². The molecule has 1 N–H and O–H groups in total. The normalized spacial score (nSPS) is 13.7. The largest absolute Gasteiger partial charge is 0.443 e. The minimum Gasteiger partial charge on any atom is -0.306 e. The first-order valence-corrected chi connectivity index (χ1v) is 6.91. The number of nitrogens with one attached hydrogen (secondary N) is 1. The predicted octanol–water partition coefficient (Wildman–Crippen LogP) is 2.90. The molecule has 0 fully saturated rings. The number of thiazole rings is 1. The molecule has 2 heterocycles. The number of hydrogen-bond donors (Lipinski definition) is 1. The Kier molecular flexibility index (Phi) is 4.14. The van der Waals surface area contributed by atoms with Crippen LogP contribution >= 0.6 is 11.3 Å². The Morgan fingerprint density at radius 3 is 2.60 bits per heavy atom. The van der Waals surface area contributed by atoms with E-state index in [1.165, 1.54) is 6.20 Å². The van der Waals surface area contributed by atoms with Gasteiger partial charge in [-0.1, -0.05) is 6.92 Å². The number of halogens is 3. The lowest BCUT2D eigenvalue weighted by Gasteiger charge is -2.15. The first-order chi connectivity index (χ1) is 9.32. The zero-order chi connectivity index (χ0) is 14.9. The van der Waals surface area contributed by atoms with Crippen molar-refractivity contribution in [2.45, 2.75) is 26.1 Å². The molecule has 1 unspecified atom stereocenters. The van der Waals surface area contributed by atoms with Crippen LogP contribution in [0.1, 0.15) is 34.1 Å². The molecule has 2 aromatic rings. The first kappa shape index (κ1) is 15.0. The fourth-order valence-corrected chi connectivity index (χ4v) is 2.90. The molecule has 0 spiro atoms. The number of hydrogen-bond acceptors (Lipinski definition) is 4. The minimum absolute atomic E-state index is 0.317. The third-order valence-corrected chi connectivity index (χ3v) is 3.93. The molecule has 110 valence electrons. The standard InChI is InChI=1S/C12H15F3N4S/c1-4-16-10(8-6-19(3)18-7(8)2)9-5-17-11(20-9)12(13,14)15/h5-6,10,16H,4H2,1-3H3. The Balaban J connectivity index is 2.39. The van der Waals surface area contributed by atoms with E-state index in [1.807, 2.05) is 20.0 Å². The summed E-state index contributed by atoms with van der Waals surface area (Å²) in [4.78, 5) is 4.02. The quantitative estimate of drug-likeness (QED) is 0.944. The third kappa shape index (κ3) is 3.01. The molecular weight excluding hydrogens is 289 g/mol. The molecule has 20 heavy (non-hydrogen) atoms. The van der Waals surface area contributed by atoms with Crippen LogP contribution in [-0.4, -0.2) is 21.3 Å². The Morgan fingerprint density at radius 2 is 2.15 bits per heavy atom. The van der Waals surface area contributed by atoms with Crippen molar-refractivity contribution in [3.05, 3.63) is 33.5 Å². The summed E-state index contributed by atoms with van der Waals surface area (Å²) < 4.78 is 39.6. The first-order valence-electron chi connectivity index (χ1n) is 6.09. The van der Waals surface area contributed by atoms with E-state index in [-0.39, 0.29) is 6.04 Å². The summed E-state index contributed by atoms with van der Waals surface area (Å²) in [6.45, 7) is 4.38. The van der Waals surface area contributed by atoms with Crippen LogP contribution in [-0.2, 0) is 13.2 Å². The summed E-state index contributed by atoms with van der Waals surface area (Å²) in [6.07, 6.45) is -1.30. The van der Waals surface area contributed by atoms with E-state index >= 15 is 0 Å². The molecule has 4 nitrogen and oxygen atoms in total. The molecule has 0 aliphatic rings. The van der Waals surface area contributed by atoms with Crippen LogP contribution in [0.25, 0.3) is 0 Å². The van der Waals surface area contributed by atoms with Gasteiger partial charge in [0, 0.05) is 29.9 Å². The van der Waals surface area contributed by atoms with Crippen LogP contribution in [0.15, 0.2) is 12.4 Å². The number of aromatic nitrogens is 3. The molecule has 8 heteroatoms. The average Bonchev–Trinajstić information content (AvgIpc) is 2.92. The lowest BCUT2D eigenvalue weighted by molar-refractivity contribution is -0.137. The minimum atomic E-state index is -4.40. The monoisotopic (exact) mass is 304 g/mol. The van der Waals surface area contributed by atoms with Gasteiger partial charge in [0.05, 0.1) is 11.7 Å². The molecule has 0 bridgehead atoms. The molecule has 0 aliphatic heterocycles. The lowest BCUT2D eigenvalue weighted by Crippen LogP contribution is -2.21. The van der Waals surface area contributed by atoms with Crippen molar-refractivity contribution in [1.82, 2.24) is 20.1 Å². The van der Waals surface area contributed by atoms with Gasteiger partial charge in [0.1, 0.15) is 0 Å². The van der Waals surface area contributed by atoms with Crippen molar-refractivity contribution < 1.29 is 13.2 Å². The van der Waals surface area contributed by atoms with Gasteiger partial charge >= 0.3 is 6.18 Å². The fraction of sp³-hybridized carbons (Fsp3) is 0.500. The van der Waals surface area contributed by atoms with Crippen LogP contribution in [0.4, 0.5) is 13.2 Å². The smallest absolute Gasteiger partial charge is 0.306 e. The molecule has 0 aliphatic carbocycles. The van der Waals surface area contributed by atoms with Gasteiger partial charge in [-0.25, -0.2) is 4.98 Å². The van der Waals surface area contributed by atoms with Gasteiger partial charge in [-0.2, -0.15) is 18.3 Å². The fourth-order valence-electron chi connectivity index (χ4n) is 2.02. The van der Waals surface area contributed by atoms with E-state index in [4.69, 9.17) is 0 Å². The van der Waals surface area contributed by atoms with E-state index in [2.05, 4.69) is 15.4 Å². The van der Waals surface area contributed by atoms with Crippen LogP contribution in [0.2, 0.25) is 0 Å². The highest BCUT2D eigenvalue weighted by molar-refractivity contribution is 7.11. The summed E-state index contributed by atoms with van der Waals surface area (Å²) in [5, 5.41) is 6.60. The maximum atomic E-state index is 12.6. The number of nitrogens with zero attached hydrogens (tertiary/aromatic N) is 3.